The highest BCUT2D eigenvalue weighted by Gasteiger charge is 2.33. The Morgan fingerprint density at radius 1 is 0.958 bits per heavy atom. The maximum atomic E-state index is 10.7. The number of rotatable bonds is 8. The van der Waals surface area contributed by atoms with Crippen LogP contribution in [-0.2, 0) is 6.42 Å². The van der Waals surface area contributed by atoms with Gasteiger partial charge in [0.15, 0.2) is 0 Å². The quantitative estimate of drug-likeness (QED) is 0.688. The van der Waals surface area contributed by atoms with Crippen LogP contribution < -0.4 is 5.73 Å². The molecule has 0 heterocycles. The average molecular weight is 342 g/mol. The summed E-state index contributed by atoms with van der Waals surface area (Å²) in [5, 5.41) is 10.7. The van der Waals surface area contributed by atoms with Crippen molar-refractivity contribution in [3.63, 3.8) is 0 Å². The number of aliphatic hydroxyl groups excluding tert-OH is 1. The van der Waals surface area contributed by atoms with E-state index >= 15 is 0 Å². The zero-order chi connectivity index (χ0) is 17.6. The SMILES string of the molecule is CCCC[Si](C)(C)C(O)[C@@H](N)Cc1ccc(-c2ccccc2)cc1. The molecule has 2 atom stereocenters. The lowest BCUT2D eigenvalue weighted by Crippen LogP contribution is -2.53. The van der Waals surface area contributed by atoms with Crippen LogP contribution in [0.25, 0.3) is 11.1 Å². The molecule has 3 N–H and O–H groups in total. The molecule has 0 aromatic heterocycles. The molecule has 0 fully saturated rings. The van der Waals surface area contributed by atoms with Gasteiger partial charge in [-0.15, -0.1) is 0 Å². The fourth-order valence-electron chi connectivity index (χ4n) is 3.21. The lowest BCUT2D eigenvalue weighted by Gasteiger charge is -2.32. The highest BCUT2D eigenvalue weighted by Crippen LogP contribution is 2.23. The monoisotopic (exact) mass is 341 g/mol. The Kier molecular flexibility index (Phi) is 6.78. The first kappa shape index (κ1) is 18.9. The van der Waals surface area contributed by atoms with E-state index in [2.05, 4.69) is 68.5 Å². The van der Waals surface area contributed by atoms with Gasteiger partial charge >= 0.3 is 0 Å². The highest BCUT2D eigenvalue weighted by molar-refractivity contribution is 6.78. The zero-order valence-electron chi connectivity index (χ0n) is 15.2. The first-order valence-corrected chi connectivity index (χ1v) is 12.3. The molecule has 0 aliphatic rings. The average Bonchev–Trinajstić information content (AvgIpc) is 2.60. The van der Waals surface area contributed by atoms with Gasteiger partial charge in [-0.05, 0) is 23.1 Å². The van der Waals surface area contributed by atoms with Gasteiger partial charge in [-0.3, -0.25) is 0 Å². The van der Waals surface area contributed by atoms with Crippen molar-refractivity contribution in [1.29, 1.82) is 0 Å². The summed E-state index contributed by atoms with van der Waals surface area (Å²) in [4.78, 5) is 0. The largest absolute Gasteiger partial charge is 0.395 e. The van der Waals surface area contributed by atoms with Crippen molar-refractivity contribution in [2.75, 3.05) is 0 Å². The van der Waals surface area contributed by atoms with Crippen molar-refractivity contribution >= 4 is 8.07 Å². The Balaban J connectivity index is 2.00. The Labute approximate surface area is 147 Å². The van der Waals surface area contributed by atoms with Crippen LogP contribution in [-0.4, -0.2) is 24.9 Å². The first-order chi connectivity index (χ1) is 11.4. The van der Waals surface area contributed by atoms with Gasteiger partial charge < -0.3 is 10.8 Å². The van der Waals surface area contributed by atoms with Crippen LogP contribution in [0.3, 0.4) is 0 Å². The second-order valence-corrected chi connectivity index (χ2v) is 12.5. The zero-order valence-corrected chi connectivity index (χ0v) is 16.2. The summed E-state index contributed by atoms with van der Waals surface area (Å²) in [6.45, 7) is 6.71. The van der Waals surface area contributed by atoms with Crippen LogP contribution in [0.1, 0.15) is 25.3 Å². The molecule has 2 aromatic rings. The second kappa shape index (κ2) is 8.61. The molecule has 0 spiro atoms. The van der Waals surface area contributed by atoms with Crippen LogP contribution in [0, 0.1) is 0 Å². The third-order valence-electron chi connectivity index (χ3n) is 4.91. The van der Waals surface area contributed by atoms with E-state index in [9.17, 15) is 5.11 Å². The van der Waals surface area contributed by atoms with Gasteiger partial charge in [0, 0.05) is 6.04 Å². The van der Waals surface area contributed by atoms with Gasteiger partial charge in [0.05, 0.1) is 13.8 Å². The van der Waals surface area contributed by atoms with Gasteiger partial charge in [-0.1, -0.05) is 93.5 Å². The molecule has 0 radical (unpaired) electrons. The minimum Gasteiger partial charge on any atom is -0.395 e. The number of unbranched alkanes of at least 4 members (excludes halogenated alkanes) is 1. The van der Waals surface area contributed by atoms with Crippen LogP contribution >= 0.6 is 0 Å². The first-order valence-electron chi connectivity index (χ1n) is 9.02. The summed E-state index contributed by atoms with van der Waals surface area (Å²) >= 11 is 0. The molecule has 0 aliphatic heterocycles. The minimum absolute atomic E-state index is 0.175. The maximum absolute atomic E-state index is 10.7. The van der Waals surface area contributed by atoms with Gasteiger partial charge in [0.2, 0.25) is 0 Å². The van der Waals surface area contributed by atoms with E-state index < -0.39 is 8.07 Å². The Morgan fingerprint density at radius 3 is 2.12 bits per heavy atom. The molecule has 2 nitrogen and oxygen atoms in total. The molecular formula is C21H31NOSi. The predicted octanol–water partition coefficient (Wildman–Crippen LogP) is 4.63. The summed E-state index contributed by atoms with van der Waals surface area (Å²) in [6, 6.07) is 19.9. The topological polar surface area (TPSA) is 46.2 Å². The molecule has 3 heteroatoms. The summed E-state index contributed by atoms with van der Waals surface area (Å²) in [5.41, 5.74) is 9.63. The number of hydrogen-bond acceptors (Lipinski definition) is 2. The summed E-state index contributed by atoms with van der Waals surface area (Å²) in [5.74, 6) is 0. The Morgan fingerprint density at radius 2 is 1.54 bits per heavy atom. The highest BCUT2D eigenvalue weighted by atomic mass is 28.3. The van der Waals surface area contributed by atoms with Crippen LogP contribution in [0.15, 0.2) is 54.6 Å². The fourth-order valence-corrected chi connectivity index (χ4v) is 6.04. The minimum atomic E-state index is -1.68. The van der Waals surface area contributed by atoms with Crippen LogP contribution in [0.4, 0.5) is 0 Å². The molecule has 2 rings (SSSR count). The van der Waals surface area contributed by atoms with E-state index in [1.165, 1.54) is 29.5 Å². The van der Waals surface area contributed by atoms with E-state index in [0.29, 0.717) is 0 Å². The van der Waals surface area contributed by atoms with E-state index in [-0.39, 0.29) is 11.8 Å². The molecule has 0 bridgehead atoms. The standard InChI is InChI=1S/C21H31NOSi/c1-4-5-15-24(2,3)21(23)20(22)16-17-11-13-19(14-12-17)18-9-7-6-8-10-18/h6-14,20-21,23H,4-5,15-16,22H2,1-3H3/t20-,21?/m0/s1. The molecule has 24 heavy (non-hydrogen) atoms. The number of aliphatic hydroxyl groups is 1. The normalized spacial score (nSPS) is 14.4. The van der Waals surface area contributed by atoms with E-state index in [1.807, 2.05) is 6.07 Å². The molecule has 130 valence electrons. The number of nitrogens with two attached hydrogens (primary N) is 1. The van der Waals surface area contributed by atoms with Gasteiger partial charge in [-0.2, -0.15) is 0 Å². The molecular weight excluding hydrogens is 310 g/mol. The van der Waals surface area contributed by atoms with Crippen LogP contribution in [0.2, 0.25) is 19.1 Å². The Hall–Kier alpha value is -1.42. The molecule has 0 saturated heterocycles. The van der Waals surface area contributed by atoms with Crippen LogP contribution in [0.5, 0.6) is 0 Å². The number of hydrogen-bond donors (Lipinski definition) is 2. The van der Waals surface area contributed by atoms with E-state index in [4.69, 9.17) is 5.73 Å². The van der Waals surface area contributed by atoms with Crippen molar-refractivity contribution in [2.45, 2.75) is 57.1 Å². The van der Waals surface area contributed by atoms with E-state index in [0.717, 1.165) is 12.5 Å². The van der Waals surface area contributed by atoms with Gasteiger partial charge in [0.25, 0.3) is 0 Å². The van der Waals surface area contributed by atoms with Crippen molar-refractivity contribution in [1.82, 2.24) is 0 Å². The number of benzene rings is 2. The molecule has 0 amide bonds. The maximum Gasteiger partial charge on any atom is 0.0832 e. The lowest BCUT2D eigenvalue weighted by molar-refractivity contribution is 0.209. The van der Waals surface area contributed by atoms with Crippen molar-refractivity contribution in [2.24, 2.45) is 5.73 Å². The van der Waals surface area contributed by atoms with Gasteiger partial charge in [0.1, 0.15) is 0 Å². The summed E-state index contributed by atoms with van der Waals surface area (Å²) in [7, 11) is -1.68. The predicted molar refractivity (Wildman–Crippen MR) is 107 cm³/mol. The summed E-state index contributed by atoms with van der Waals surface area (Å²) < 4.78 is 0. The van der Waals surface area contributed by atoms with Gasteiger partial charge in [-0.25, -0.2) is 0 Å². The Bertz CT molecular complexity index is 609. The van der Waals surface area contributed by atoms with Crippen molar-refractivity contribution in [3.05, 3.63) is 60.2 Å². The second-order valence-electron chi connectivity index (χ2n) is 7.47. The fraction of sp³-hybridized carbons (Fsp3) is 0.429. The van der Waals surface area contributed by atoms with E-state index in [1.54, 1.807) is 0 Å². The lowest BCUT2D eigenvalue weighted by atomic mass is 10.0. The molecule has 2 aromatic carbocycles. The molecule has 1 unspecified atom stereocenters. The third kappa shape index (κ3) is 5.03. The van der Waals surface area contributed by atoms with Crippen molar-refractivity contribution in [3.8, 4) is 11.1 Å². The van der Waals surface area contributed by atoms with Crippen molar-refractivity contribution < 1.29 is 5.11 Å². The summed E-state index contributed by atoms with van der Waals surface area (Å²) in [6.07, 6.45) is 3.10. The smallest absolute Gasteiger partial charge is 0.0832 e. The third-order valence-corrected chi connectivity index (χ3v) is 8.59. The molecule has 0 saturated carbocycles. The molecule has 0 aliphatic carbocycles.